The van der Waals surface area contributed by atoms with Crippen LogP contribution in [0.4, 0.5) is 5.82 Å². The molecule has 1 unspecified atom stereocenters. The number of aromatic nitrogens is 2. The van der Waals surface area contributed by atoms with Gasteiger partial charge in [0.05, 0.1) is 5.52 Å². The van der Waals surface area contributed by atoms with Gasteiger partial charge in [0.15, 0.2) is 5.82 Å². The molecule has 0 aliphatic heterocycles. The van der Waals surface area contributed by atoms with E-state index in [9.17, 15) is 0 Å². The smallest absolute Gasteiger partial charge is 0.160 e. The molecule has 1 aromatic heterocycles. The Morgan fingerprint density at radius 1 is 1.30 bits per heavy atom. The van der Waals surface area contributed by atoms with E-state index in [2.05, 4.69) is 48.4 Å². The Balaban J connectivity index is 1.92. The number of nitrogens with one attached hydrogen (secondary N) is 2. The molecule has 1 aromatic carbocycles. The van der Waals surface area contributed by atoms with Crippen LogP contribution in [0.2, 0.25) is 0 Å². The molecule has 104 valence electrons. The Morgan fingerprint density at radius 2 is 2.10 bits per heavy atom. The van der Waals surface area contributed by atoms with Crippen molar-refractivity contribution in [2.75, 3.05) is 5.32 Å². The molecule has 0 saturated carbocycles. The van der Waals surface area contributed by atoms with E-state index in [-0.39, 0.29) is 0 Å². The zero-order valence-corrected chi connectivity index (χ0v) is 12.3. The SMILES string of the molecule is CCC1CC(C)=C(Nc2n[nH]c3ccccc23)C=C1C. The van der Waals surface area contributed by atoms with Crippen LogP contribution in [-0.4, -0.2) is 10.2 Å². The molecule has 0 radical (unpaired) electrons. The second-order valence-electron chi connectivity index (χ2n) is 5.63. The summed E-state index contributed by atoms with van der Waals surface area (Å²) in [5.41, 5.74) is 5.13. The molecule has 3 heteroatoms. The van der Waals surface area contributed by atoms with E-state index in [0.29, 0.717) is 5.92 Å². The predicted octanol–water partition coefficient (Wildman–Crippen LogP) is 4.63. The van der Waals surface area contributed by atoms with Gasteiger partial charge >= 0.3 is 0 Å². The van der Waals surface area contributed by atoms with Crippen LogP contribution in [0.15, 0.2) is 47.2 Å². The first kappa shape index (κ1) is 13.0. The minimum atomic E-state index is 0.691. The average molecular weight is 267 g/mol. The van der Waals surface area contributed by atoms with Crippen molar-refractivity contribution in [3.8, 4) is 0 Å². The highest BCUT2D eigenvalue weighted by molar-refractivity contribution is 5.90. The summed E-state index contributed by atoms with van der Waals surface area (Å²) in [4.78, 5) is 0. The second kappa shape index (κ2) is 5.16. The molecule has 0 bridgehead atoms. The van der Waals surface area contributed by atoms with Crippen molar-refractivity contribution in [1.82, 2.24) is 10.2 Å². The maximum absolute atomic E-state index is 4.39. The molecule has 0 amide bonds. The van der Waals surface area contributed by atoms with Crippen LogP contribution in [0.5, 0.6) is 0 Å². The van der Waals surface area contributed by atoms with Gasteiger partial charge in [-0.1, -0.05) is 24.6 Å². The minimum absolute atomic E-state index is 0.691. The maximum atomic E-state index is 4.39. The lowest BCUT2D eigenvalue weighted by Crippen LogP contribution is -2.12. The van der Waals surface area contributed by atoms with Crippen LogP contribution in [-0.2, 0) is 0 Å². The standard InChI is InChI=1S/C17H21N3/c1-4-13-9-12(3)16(10-11(13)2)18-17-14-7-5-6-8-15(14)19-20-17/h5-8,10,13H,4,9H2,1-3H3,(H2,18,19,20). The van der Waals surface area contributed by atoms with Crippen molar-refractivity contribution in [2.24, 2.45) is 5.92 Å². The molecule has 3 nitrogen and oxygen atoms in total. The first-order chi connectivity index (χ1) is 9.69. The average Bonchev–Trinajstić information content (AvgIpc) is 2.86. The van der Waals surface area contributed by atoms with Gasteiger partial charge in [-0.25, -0.2) is 0 Å². The van der Waals surface area contributed by atoms with Crippen molar-refractivity contribution in [3.05, 3.63) is 47.2 Å². The molecular formula is C17H21N3. The molecule has 2 aromatic rings. The number of H-pyrrole nitrogens is 1. The summed E-state index contributed by atoms with van der Waals surface area (Å²) >= 11 is 0. The van der Waals surface area contributed by atoms with Crippen molar-refractivity contribution >= 4 is 16.7 Å². The van der Waals surface area contributed by atoms with Gasteiger partial charge < -0.3 is 5.32 Å². The second-order valence-corrected chi connectivity index (χ2v) is 5.63. The lowest BCUT2D eigenvalue weighted by atomic mass is 9.85. The third kappa shape index (κ3) is 2.24. The fourth-order valence-electron chi connectivity index (χ4n) is 2.90. The van der Waals surface area contributed by atoms with E-state index in [4.69, 9.17) is 0 Å². The molecular weight excluding hydrogens is 246 g/mol. The zero-order valence-electron chi connectivity index (χ0n) is 12.3. The highest BCUT2D eigenvalue weighted by Gasteiger charge is 2.18. The summed E-state index contributed by atoms with van der Waals surface area (Å²) in [5.74, 6) is 1.60. The quantitative estimate of drug-likeness (QED) is 0.851. The summed E-state index contributed by atoms with van der Waals surface area (Å²) in [5, 5.41) is 12.1. The predicted molar refractivity (Wildman–Crippen MR) is 84.6 cm³/mol. The van der Waals surface area contributed by atoms with Crippen molar-refractivity contribution in [3.63, 3.8) is 0 Å². The highest BCUT2D eigenvalue weighted by atomic mass is 15.2. The summed E-state index contributed by atoms with van der Waals surface area (Å²) in [6.07, 6.45) is 4.62. The Bertz CT molecular complexity index is 691. The molecule has 20 heavy (non-hydrogen) atoms. The summed E-state index contributed by atoms with van der Waals surface area (Å²) in [6, 6.07) is 8.19. The fraction of sp³-hybridized carbons (Fsp3) is 0.353. The highest BCUT2D eigenvalue weighted by Crippen LogP contribution is 2.32. The van der Waals surface area contributed by atoms with E-state index < -0.39 is 0 Å². The third-order valence-electron chi connectivity index (χ3n) is 4.24. The Kier molecular flexibility index (Phi) is 3.35. The van der Waals surface area contributed by atoms with Crippen molar-refractivity contribution < 1.29 is 0 Å². The van der Waals surface area contributed by atoms with Gasteiger partial charge in [-0.05, 0) is 56.4 Å². The van der Waals surface area contributed by atoms with Crippen LogP contribution in [0.25, 0.3) is 10.9 Å². The van der Waals surface area contributed by atoms with E-state index >= 15 is 0 Å². The molecule has 1 heterocycles. The van der Waals surface area contributed by atoms with Crippen LogP contribution in [0.1, 0.15) is 33.6 Å². The Hall–Kier alpha value is -2.03. The molecule has 3 rings (SSSR count). The van der Waals surface area contributed by atoms with Gasteiger partial charge in [0, 0.05) is 11.1 Å². The Morgan fingerprint density at radius 3 is 2.90 bits per heavy atom. The Labute approximate surface area is 119 Å². The van der Waals surface area contributed by atoms with Gasteiger partial charge in [-0.15, -0.1) is 0 Å². The third-order valence-corrected chi connectivity index (χ3v) is 4.24. The number of hydrogen-bond donors (Lipinski definition) is 2. The molecule has 0 spiro atoms. The lowest BCUT2D eigenvalue weighted by Gasteiger charge is -2.24. The van der Waals surface area contributed by atoms with E-state index in [1.54, 1.807) is 0 Å². The fourth-order valence-corrected chi connectivity index (χ4v) is 2.90. The topological polar surface area (TPSA) is 40.7 Å². The number of anilines is 1. The number of nitrogens with zero attached hydrogens (tertiary/aromatic N) is 1. The van der Waals surface area contributed by atoms with Gasteiger partial charge in [0.1, 0.15) is 0 Å². The molecule has 0 fully saturated rings. The van der Waals surface area contributed by atoms with Gasteiger partial charge in [-0.2, -0.15) is 5.10 Å². The van der Waals surface area contributed by atoms with E-state index in [0.717, 1.165) is 23.1 Å². The molecule has 1 aliphatic rings. The lowest BCUT2D eigenvalue weighted by molar-refractivity contribution is 0.574. The number of allylic oxidation sites excluding steroid dienone is 3. The molecule has 2 N–H and O–H groups in total. The number of para-hydroxylation sites is 1. The monoisotopic (exact) mass is 267 g/mol. The van der Waals surface area contributed by atoms with Crippen LogP contribution >= 0.6 is 0 Å². The van der Waals surface area contributed by atoms with Gasteiger partial charge in [0.25, 0.3) is 0 Å². The largest absolute Gasteiger partial charge is 0.338 e. The van der Waals surface area contributed by atoms with Gasteiger partial charge in [-0.3, -0.25) is 5.10 Å². The normalized spacial score (nSPS) is 19.4. The van der Waals surface area contributed by atoms with Crippen LogP contribution in [0, 0.1) is 5.92 Å². The van der Waals surface area contributed by atoms with Crippen molar-refractivity contribution in [1.29, 1.82) is 0 Å². The summed E-state index contributed by atoms with van der Waals surface area (Å²) in [7, 11) is 0. The number of aromatic amines is 1. The number of fused-ring (bicyclic) bond motifs is 1. The summed E-state index contributed by atoms with van der Waals surface area (Å²) < 4.78 is 0. The minimum Gasteiger partial charge on any atom is -0.338 e. The first-order valence-corrected chi connectivity index (χ1v) is 7.27. The number of benzene rings is 1. The van der Waals surface area contributed by atoms with E-state index in [1.807, 2.05) is 18.2 Å². The van der Waals surface area contributed by atoms with Crippen LogP contribution in [0.3, 0.4) is 0 Å². The van der Waals surface area contributed by atoms with Crippen LogP contribution < -0.4 is 5.32 Å². The first-order valence-electron chi connectivity index (χ1n) is 7.27. The molecule has 1 atom stereocenters. The zero-order chi connectivity index (χ0) is 14.1. The van der Waals surface area contributed by atoms with Crippen molar-refractivity contribution in [2.45, 2.75) is 33.6 Å². The van der Waals surface area contributed by atoms with E-state index in [1.165, 1.54) is 23.3 Å². The molecule has 0 saturated heterocycles. The maximum Gasteiger partial charge on any atom is 0.160 e. The number of rotatable bonds is 3. The number of hydrogen-bond acceptors (Lipinski definition) is 2. The summed E-state index contributed by atoms with van der Waals surface area (Å²) in [6.45, 7) is 6.70. The molecule has 1 aliphatic carbocycles. The van der Waals surface area contributed by atoms with Gasteiger partial charge in [0.2, 0.25) is 0 Å².